The first kappa shape index (κ1) is 14.2. The van der Waals surface area contributed by atoms with Crippen molar-refractivity contribution in [2.45, 2.75) is 31.9 Å². The molecule has 5 heteroatoms. The van der Waals surface area contributed by atoms with E-state index in [1.54, 1.807) is 0 Å². The van der Waals surface area contributed by atoms with Gasteiger partial charge in [0.25, 0.3) is 5.89 Å². The second kappa shape index (κ2) is 6.37. The molecule has 1 N–H and O–H groups in total. The Balaban J connectivity index is 1.59. The van der Waals surface area contributed by atoms with Gasteiger partial charge in [-0.05, 0) is 37.9 Å². The lowest BCUT2D eigenvalue weighted by Gasteiger charge is -2.21. The van der Waals surface area contributed by atoms with E-state index in [1.165, 1.54) is 0 Å². The van der Waals surface area contributed by atoms with E-state index >= 15 is 0 Å². The summed E-state index contributed by atoms with van der Waals surface area (Å²) in [6.07, 6.45) is 3.00. The minimum atomic E-state index is -0.155. The second-order valence-corrected chi connectivity index (χ2v) is 5.84. The largest absolute Gasteiger partial charge is 0.393 e. The van der Waals surface area contributed by atoms with Crippen molar-refractivity contribution >= 4 is 0 Å². The molecule has 1 aliphatic rings. The Hall–Kier alpha value is -1.72. The molecular formula is C16H21N3O2. The highest BCUT2D eigenvalue weighted by molar-refractivity contribution is 5.51. The van der Waals surface area contributed by atoms with Gasteiger partial charge in [-0.25, -0.2) is 0 Å². The summed E-state index contributed by atoms with van der Waals surface area (Å²) in [5, 5.41) is 13.9. The number of hydrogen-bond donors (Lipinski definition) is 1. The smallest absolute Gasteiger partial charge is 0.257 e. The van der Waals surface area contributed by atoms with Crippen molar-refractivity contribution in [3.05, 3.63) is 36.2 Å². The van der Waals surface area contributed by atoms with Crippen molar-refractivity contribution < 1.29 is 9.63 Å². The minimum absolute atomic E-state index is 0.155. The fourth-order valence-corrected chi connectivity index (χ4v) is 2.95. The van der Waals surface area contributed by atoms with E-state index in [0.29, 0.717) is 24.2 Å². The Morgan fingerprint density at radius 2 is 2.10 bits per heavy atom. The summed E-state index contributed by atoms with van der Waals surface area (Å²) in [7, 11) is 2.03. The maximum atomic E-state index is 9.88. The molecule has 0 aliphatic heterocycles. The van der Waals surface area contributed by atoms with Crippen molar-refractivity contribution in [2.75, 3.05) is 13.6 Å². The quantitative estimate of drug-likeness (QED) is 0.914. The van der Waals surface area contributed by atoms with Crippen molar-refractivity contribution in [3.63, 3.8) is 0 Å². The van der Waals surface area contributed by atoms with Gasteiger partial charge >= 0.3 is 0 Å². The summed E-state index contributed by atoms with van der Waals surface area (Å²) in [5.41, 5.74) is 0.935. The molecule has 2 unspecified atom stereocenters. The molecule has 112 valence electrons. The molecule has 1 saturated carbocycles. The van der Waals surface area contributed by atoms with Crippen LogP contribution >= 0.6 is 0 Å². The molecular weight excluding hydrogens is 266 g/mol. The van der Waals surface area contributed by atoms with Crippen molar-refractivity contribution in [1.82, 2.24) is 15.0 Å². The van der Waals surface area contributed by atoms with Crippen LogP contribution in [0.25, 0.3) is 11.5 Å². The normalized spacial score (nSPS) is 22.0. The summed E-state index contributed by atoms with van der Waals surface area (Å²) in [5.74, 6) is 1.61. The van der Waals surface area contributed by atoms with E-state index in [0.717, 1.165) is 31.4 Å². The van der Waals surface area contributed by atoms with Crippen LogP contribution < -0.4 is 0 Å². The number of benzene rings is 1. The van der Waals surface area contributed by atoms with Crippen LogP contribution in [0.5, 0.6) is 0 Å². The van der Waals surface area contributed by atoms with E-state index in [1.807, 2.05) is 37.4 Å². The highest BCUT2D eigenvalue weighted by Crippen LogP contribution is 2.26. The van der Waals surface area contributed by atoms with Gasteiger partial charge in [-0.15, -0.1) is 0 Å². The third-order valence-electron chi connectivity index (χ3n) is 4.07. The fourth-order valence-electron chi connectivity index (χ4n) is 2.95. The van der Waals surface area contributed by atoms with Crippen molar-refractivity contribution in [2.24, 2.45) is 5.92 Å². The average Bonchev–Trinajstić information content (AvgIpc) is 3.10. The molecule has 0 bridgehead atoms. The minimum Gasteiger partial charge on any atom is -0.393 e. The van der Waals surface area contributed by atoms with Crippen molar-refractivity contribution in [3.8, 4) is 11.5 Å². The lowest BCUT2D eigenvalue weighted by atomic mass is 10.1. The zero-order chi connectivity index (χ0) is 14.7. The van der Waals surface area contributed by atoms with E-state index in [9.17, 15) is 5.11 Å². The first-order valence-corrected chi connectivity index (χ1v) is 7.47. The lowest BCUT2D eigenvalue weighted by molar-refractivity contribution is 0.107. The molecule has 2 atom stereocenters. The number of nitrogens with zero attached hydrogens (tertiary/aromatic N) is 3. The number of hydrogen-bond acceptors (Lipinski definition) is 5. The molecule has 5 nitrogen and oxygen atoms in total. The predicted molar refractivity (Wildman–Crippen MR) is 79.4 cm³/mol. The SMILES string of the molecule is CN(Cc1noc(-c2ccccc2)n1)CC1CCCC1O. The summed E-state index contributed by atoms with van der Waals surface area (Å²) in [6, 6.07) is 9.77. The molecule has 1 aliphatic carbocycles. The molecule has 0 amide bonds. The van der Waals surface area contributed by atoms with Crippen LogP contribution in [0.3, 0.4) is 0 Å². The third kappa shape index (κ3) is 3.49. The summed E-state index contributed by atoms with van der Waals surface area (Å²) < 4.78 is 5.31. The van der Waals surface area contributed by atoms with E-state index in [2.05, 4.69) is 15.0 Å². The van der Waals surface area contributed by atoms with Gasteiger partial charge in [0, 0.05) is 12.1 Å². The van der Waals surface area contributed by atoms with Crippen LogP contribution in [0.1, 0.15) is 25.1 Å². The monoisotopic (exact) mass is 287 g/mol. The molecule has 21 heavy (non-hydrogen) atoms. The van der Waals surface area contributed by atoms with E-state index < -0.39 is 0 Å². The predicted octanol–water partition coefficient (Wildman–Crippen LogP) is 2.33. The topological polar surface area (TPSA) is 62.4 Å². The highest BCUT2D eigenvalue weighted by atomic mass is 16.5. The van der Waals surface area contributed by atoms with Crippen LogP contribution in [-0.2, 0) is 6.54 Å². The summed E-state index contributed by atoms with van der Waals surface area (Å²) in [4.78, 5) is 6.58. The van der Waals surface area contributed by atoms with Gasteiger partial charge in [-0.2, -0.15) is 4.98 Å². The number of aliphatic hydroxyl groups excluding tert-OH is 1. The second-order valence-electron chi connectivity index (χ2n) is 5.84. The lowest BCUT2D eigenvalue weighted by Crippen LogP contribution is -2.29. The van der Waals surface area contributed by atoms with Crippen LogP contribution in [0.15, 0.2) is 34.9 Å². The van der Waals surface area contributed by atoms with Crippen LogP contribution in [0.2, 0.25) is 0 Å². The van der Waals surface area contributed by atoms with Gasteiger partial charge in [0.2, 0.25) is 0 Å². The fraction of sp³-hybridized carbons (Fsp3) is 0.500. The van der Waals surface area contributed by atoms with Gasteiger partial charge in [0.15, 0.2) is 5.82 Å². The van der Waals surface area contributed by atoms with E-state index in [4.69, 9.17) is 4.52 Å². The van der Waals surface area contributed by atoms with Crippen LogP contribution in [-0.4, -0.2) is 39.8 Å². The Kier molecular flexibility index (Phi) is 4.31. The molecule has 1 heterocycles. The number of rotatable bonds is 5. The molecule has 3 rings (SSSR count). The van der Waals surface area contributed by atoms with Gasteiger partial charge in [0.05, 0.1) is 12.6 Å². The summed E-state index contributed by atoms with van der Waals surface area (Å²) >= 11 is 0. The van der Waals surface area contributed by atoms with Gasteiger partial charge in [-0.3, -0.25) is 4.90 Å². The molecule has 1 aromatic heterocycles. The maximum absolute atomic E-state index is 9.88. The molecule has 0 saturated heterocycles. The Labute approximate surface area is 124 Å². The van der Waals surface area contributed by atoms with E-state index in [-0.39, 0.29) is 6.10 Å². The van der Waals surface area contributed by atoms with Gasteiger partial charge < -0.3 is 9.63 Å². The summed E-state index contributed by atoms with van der Waals surface area (Å²) in [6.45, 7) is 1.51. The third-order valence-corrected chi connectivity index (χ3v) is 4.07. The molecule has 2 aromatic rings. The number of aromatic nitrogens is 2. The molecule has 0 radical (unpaired) electrons. The van der Waals surface area contributed by atoms with Gasteiger partial charge in [0.1, 0.15) is 0 Å². The first-order chi connectivity index (χ1) is 10.2. The Morgan fingerprint density at radius 3 is 2.81 bits per heavy atom. The van der Waals surface area contributed by atoms with Crippen molar-refractivity contribution in [1.29, 1.82) is 0 Å². The highest BCUT2D eigenvalue weighted by Gasteiger charge is 2.26. The maximum Gasteiger partial charge on any atom is 0.257 e. The molecule has 1 aromatic carbocycles. The standard InChI is InChI=1S/C16H21N3O2/c1-19(10-13-8-5-9-14(13)20)11-15-17-16(21-18-15)12-6-3-2-4-7-12/h2-4,6-7,13-14,20H,5,8-11H2,1H3. The number of aliphatic hydroxyl groups is 1. The van der Waals surface area contributed by atoms with Gasteiger partial charge in [-0.1, -0.05) is 29.8 Å². The Bertz CT molecular complexity index is 570. The molecule has 1 fully saturated rings. The zero-order valence-electron chi connectivity index (χ0n) is 12.3. The van der Waals surface area contributed by atoms with Crippen LogP contribution in [0.4, 0.5) is 0 Å². The first-order valence-electron chi connectivity index (χ1n) is 7.47. The molecule has 0 spiro atoms. The zero-order valence-corrected chi connectivity index (χ0v) is 12.3. The average molecular weight is 287 g/mol. The van der Waals surface area contributed by atoms with Crippen LogP contribution in [0, 0.1) is 5.92 Å². The Morgan fingerprint density at radius 1 is 1.29 bits per heavy atom.